The minimum atomic E-state index is -0.809. The number of aliphatic imine (C=N–C) groups is 1. The van der Waals surface area contributed by atoms with E-state index in [1.807, 2.05) is 151 Å². The van der Waals surface area contributed by atoms with E-state index in [-0.39, 0.29) is 0 Å². The van der Waals surface area contributed by atoms with Crippen molar-refractivity contribution >= 4 is 79.7 Å². The first-order chi connectivity index (χ1) is 29.7. The number of nitrogens with zero attached hydrogens (tertiary/aromatic N) is 4. The zero-order valence-corrected chi connectivity index (χ0v) is 38.7. The Balaban J connectivity index is 1.36. The van der Waals surface area contributed by atoms with E-state index in [1.165, 1.54) is 14.7 Å². The second kappa shape index (κ2) is 19.1. The Morgan fingerprint density at radius 1 is 0.397 bits per heavy atom. The molecule has 6 aromatic rings. The van der Waals surface area contributed by atoms with Gasteiger partial charge in [0.1, 0.15) is 16.8 Å². The fourth-order valence-corrected chi connectivity index (χ4v) is 6.65. The van der Waals surface area contributed by atoms with Gasteiger partial charge in [0.15, 0.2) is 0 Å². The molecule has 63 heavy (non-hydrogen) atoms. The fourth-order valence-electron chi connectivity index (χ4n) is 6.39. The van der Waals surface area contributed by atoms with Crippen LogP contribution in [0.3, 0.4) is 0 Å². The van der Waals surface area contributed by atoms with Crippen LogP contribution in [0.2, 0.25) is 0 Å². The third-order valence-electron chi connectivity index (χ3n) is 8.99. The summed E-state index contributed by atoms with van der Waals surface area (Å²) in [6.45, 7) is 16.3. The molecule has 0 fully saturated rings. The molecule has 0 unspecified atom stereocenters. The number of anilines is 6. The van der Waals surface area contributed by atoms with E-state index in [0.717, 1.165) is 21.3 Å². The molecule has 6 rings (SSSR count). The van der Waals surface area contributed by atoms with E-state index >= 15 is 0 Å². The van der Waals surface area contributed by atoms with Crippen LogP contribution < -0.4 is 14.7 Å². The molecule has 0 radical (unpaired) electrons. The van der Waals surface area contributed by atoms with Crippen LogP contribution in [0.25, 0.3) is 0 Å². The third kappa shape index (κ3) is 12.4. The number of carbonyl (C=O) groups is 3. The summed E-state index contributed by atoms with van der Waals surface area (Å²) in [5, 5.41) is 0. The van der Waals surface area contributed by atoms with E-state index in [0.29, 0.717) is 39.8 Å². The molecule has 0 N–H and O–H groups in total. The Hall–Kier alpha value is -6.72. The zero-order valence-electron chi connectivity index (χ0n) is 37.1. The first kappa shape index (κ1) is 45.8. The Morgan fingerprint density at radius 3 is 0.921 bits per heavy atom. The number of hydrogen-bond donors (Lipinski definition) is 0. The first-order valence-electron chi connectivity index (χ1n) is 20.6. The summed E-state index contributed by atoms with van der Waals surface area (Å²) in [6, 6.07) is 48.6. The molecule has 324 valence electrons. The van der Waals surface area contributed by atoms with Crippen molar-refractivity contribution in [1.82, 2.24) is 0 Å². The summed E-state index contributed by atoms with van der Waals surface area (Å²) in [6.07, 6.45) is -1.76. The number of carbonyl (C=O) groups excluding carboxylic acids is 3. The lowest BCUT2D eigenvalue weighted by molar-refractivity contribution is 0.0587. The van der Waals surface area contributed by atoms with Gasteiger partial charge in [-0.2, -0.15) is 0 Å². The van der Waals surface area contributed by atoms with Crippen molar-refractivity contribution in [1.29, 1.82) is 0 Å². The summed E-state index contributed by atoms with van der Waals surface area (Å²) in [5.41, 5.74) is 4.26. The van der Waals surface area contributed by atoms with Crippen molar-refractivity contribution in [3.63, 3.8) is 0 Å². The van der Waals surface area contributed by atoms with Crippen LogP contribution >= 0.6 is 15.9 Å². The minimum Gasteiger partial charge on any atom is -0.443 e. The lowest BCUT2D eigenvalue weighted by Crippen LogP contribution is -2.35. The Kier molecular flexibility index (Phi) is 13.9. The van der Waals surface area contributed by atoms with Crippen LogP contribution in [0.15, 0.2) is 167 Å². The molecule has 3 amide bonds. The number of benzene rings is 6. The van der Waals surface area contributed by atoms with Gasteiger partial charge in [-0.1, -0.05) is 76.6 Å². The quantitative estimate of drug-likeness (QED) is 0.106. The average molecular weight is 910 g/mol. The van der Waals surface area contributed by atoms with E-state index in [4.69, 9.17) is 19.2 Å². The summed E-state index contributed by atoms with van der Waals surface area (Å²) in [7, 11) is 0. The second-order valence-electron chi connectivity index (χ2n) is 17.7. The molecule has 0 saturated heterocycles. The van der Waals surface area contributed by atoms with Crippen LogP contribution in [0.5, 0.6) is 0 Å². The molecule has 0 atom stereocenters. The summed E-state index contributed by atoms with van der Waals surface area (Å²) >= 11 is 3.47. The van der Waals surface area contributed by atoms with Crippen molar-refractivity contribution < 1.29 is 28.6 Å². The van der Waals surface area contributed by atoms with Crippen LogP contribution in [-0.4, -0.2) is 40.8 Å². The monoisotopic (exact) mass is 908 g/mol. The molecule has 0 bridgehead atoms. The smallest absolute Gasteiger partial charge is 0.419 e. The highest BCUT2D eigenvalue weighted by atomic mass is 79.9. The highest BCUT2D eigenvalue weighted by Gasteiger charge is 2.29. The largest absolute Gasteiger partial charge is 0.443 e. The van der Waals surface area contributed by atoms with E-state index < -0.39 is 35.1 Å². The van der Waals surface area contributed by atoms with Gasteiger partial charge >= 0.3 is 18.3 Å². The van der Waals surface area contributed by atoms with Crippen LogP contribution in [0.4, 0.5) is 54.2 Å². The minimum absolute atomic E-state index is 0.473. The molecule has 0 aliphatic rings. The highest BCUT2D eigenvalue weighted by Crippen LogP contribution is 2.36. The summed E-state index contributed by atoms with van der Waals surface area (Å²) < 4.78 is 18.5. The number of hydrogen-bond acceptors (Lipinski definition) is 7. The number of amides is 3. The predicted octanol–water partition coefficient (Wildman–Crippen LogP) is 14.8. The Bertz CT molecular complexity index is 2480. The van der Waals surface area contributed by atoms with Gasteiger partial charge in [-0.15, -0.1) is 0 Å². The molecular weight excluding hydrogens is 856 g/mol. The number of halogens is 1. The summed E-state index contributed by atoms with van der Waals surface area (Å²) in [4.78, 5) is 51.0. The van der Waals surface area contributed by atoms with E-state index in [1.54, 1.807) is 69.3 Å². The number of rotatable bonds is 9. The van der Waals surface area contributed by atoms with Gasteiger partial charge in [0.05, 0.1) is 45.5 Å². The van der Waals surface area contributed by atoms with Crippen LogP contribution in [-0.2, 0) is 14.2 Å². The Morgan fingerprint density at radius 2 is 0.651 bits per heavy atom. The van der Waals surface area contributed by atoms with Gasteiger partial charge in [0.2, 0.25) is 0 Å². The third-order valence-corrected chi connectivity index (χ3v) is 9.52. The highest BCUT2D eigenvalue weighted by molar-refractivity contribution is 9.10. The molecule has 0 aromatic heterocycles. The van der Waals surface area contributed by atoms with Gasteiger partial charge in [0, 0.05) is 15.6 Å². The molecule has 10 nitrogen and oxygen atoms in total. The molecule has 0 aliphatic carbocycles. The molecule has 0 saturated carbocycles. The Labute approximate surface area is 378 Å². The second-order valence-corrected chi connectivity index (χ2v) is 18.6. The molecule has 11 heteroatoms. The van der Waals surface area contributed by atoms with Crippen molar-refractivity contribution in [2.45, 2.75) is 79.1 Å². The predicted molar refractivity (Wildman–Crippen MR) is 257 cm³/mol. The van der Waals surface area contributed by atoms with Crippen molar-refractivity contribution in [3.05, 3.63) is 173 Å². The maximum Gasteiger partial charge on any atom is 0.419 e. The van der Waals surface area contributed by atoms with Crippen molar-refractivity contribution in [3.8, 4) is 0 Å². The molecule has 0 spiro atoms. The molecule has 6 aromatic carbocycles. The van der Waals surface area contributed by atoms with Crippen molar-refractivity contribution in [2.24, 2.45) is 4.99 Å². The SMILES string of the molecule is CC(C)(C)OC(=O)N(c1ccc(Br)cc1)c1ccc(N(C(=O)OC(C)(C)C)c2ccc(N(C(=O)OC(C)(C)C)c3ccc(N=C(c4ccccc4)c4ccccc4)cc3)cc2)cc1. The van der Waals surface area contributed by atoms with Gasteiger partial charge in [0.25, 0.3) is 0 Å². The molecule has 0 aliphatic heterocycles. The van der Waals surface area contributed by atoms with Gasteiger partial charge < -0.3 is 14.2 Å². The maximum atomic E-state index is 14.0. The average Bonchev–Trinajstić information content (AvgIpc) is 3.21. The normalized spacial score (nSPS) is 11.5. The van der Waals surface area contributed by atoms with Crippen LogP contribution in [0.1, 0.15) is 73.4 Å². The molecular formula is C52H53BrN4O6. The standard InChI is InChI=1S/C52H53BrN4O6/c1-50(2,3)61-47(58)55(40-24-20-38(53)21-25-40)42-28-32-44(33-29-42)57(49(60)63-52(7,8)9)45-34-30-43(31-35-45)56(48(59)62-51(4,5)6)41-26-22-39(23-27-41)54-46(36-16-12-10-13-17-36)37-18-14-11-15-19-37/h10-35H,1-9H3. The van der Waals surface area contributed by atoms with Gasteiger partial charge in [-0.3, -0.25) is 0 Å². The van der Waals surface area contributed by atoms with E-state index in [2.05, 4.69) is 15.9 Å². The zero-order chi connectivity index (χ0) is 45.5. The molecule has 0 heterocycles. The van der Waals surface area contributed by atoms with Crippen molar-refractivity contribution in [2.75, 3.05) is 14.7 Å². The van der Waals surface area contributed by atoms with E-state index in [9.17, 15) is 14.4 Å². The summed E-state index contributed by atoms with van der Waals surface area (Å²) in [5.74, 6) is 0. The first-order valence-corrected chi connectivity index (χ1v) is 21.4. The fraction of sp³-hybridized carbons (Fsp3) is 0.231. The van der Waals surface area contributed by atoms with Gasteiger partial charge in [-0.05, 0) is 159 Å². The topological polar surface area (TPSA) is 101 Å². The maximum absolute atomic E-state index is 14.0. The number of ether oxygens (including phenoxy) is 3. The lowest BCUT2D eigenvalue weighted by Gasteiger charge is -2.30. The lowest BCUT2D eigenvalue weighted by atomic mass is 10.0. The van der Waals surface area contributed by atoms with Gasteiger partial charge in [-0.25, -0.2) is 34.1 Å². The van der Waals surface area contributed by atoms with Crippen LogP contribution in [0, 0.1) is 0 Å².